The molecule has 0 aromatic heterocycles. The molecular formula is C20H22N2O6. The Kier molecular flexibility index (Phi) is 5.58. The van der Waals surface area contributed by atoms with Gasteiger partial charge in [-0.2, -0.15) is 0 Å². The number of hydrogen-bond acceptors (Lipinski definition) is 6. The van der Waals surface area contributed by atoms with Crippen LogP contribution in [-0.2, 0) is 0 Å². The molecule has 1 aliphatic rings. The zero-order valence-corrected chi connectivity index (χ0v) is 15.7. The number of nitrogens with zero attached hydrogens (tertiary/aromatic N) is 2. The van der Waals surface area contributed by atoms with Crippen LogP contribution in [0.4, 0.5) is 0 Å². The van der Waals surface area contributed by atoms with Crippen LogP contribution in [0.5, 0.6) is 23.0 Å². The molecule has 0 saturated carbocycles. The number of benzene rings is 2. The van der Waals surface area contributed by atoms with Gasteiger partial charge in [-0.25, -0.2) is 0 Å². The van der Waals surface area contributed by atoms with E-state index < -0.39 is 0 Å². The van der Waals surface area contributed by atoms with Gasteiger partial charge < -0.3 is 29.5 Å². The van der Waals surface area contributed by atoms with Gasteiger partial charge in [-0.1, -0.05) is 0 Å². The van der Waals surface area contributed by atoms with Crippen LogP contribution in [0.1, 0.15) is 20.7 Å². The first-order valence-electron chi connectivity index (χ1n) is 8.76. The first-order valence-corrected chi connectivity index (χ1v) is 8.76. The normalized spacial score (nSPS) is 13.9. The van der Waals surface area contributed by atoms with Gasteiger partial charge in [0.15, 0.2) is 11.5 Å². The SMILES string of the molecule is COc1ccc(C(=O)N2CCN(C(=O)c3cc(O)cc(O)c3)CC2)cc1OC. The van der Waals surface area contributed by atoms with E-state index in [9.17, 15) is 19.8 Å². The van der Waals surface area contributed by atoms with Gasteiger partial charge in [0.1, 0.15) is 11.5 Å². The standard InChI is InChI=1S/C20H22N2O6/c1-27-17-4-3-13(11-18(17)28-2)19(25)21-5-7-22(8-6-21)20(26)14-9-15(23)12-16(24)10-14/h3-4,9-12,23-24H,5-8H2,1-2H3. The second kappa shape index (κ2) is 8.08. The van der Waals surface area contributed by atoms with Crippen LogP contribution in [-0.4, -0.2) is 72.2 Å². The molecule has 2 N–H and O–H groups in total. The van der Waals surface area contributed by atoms with Gasteiger partial charge in [-0.15, -0.1) is 0 Å². The zero-order chi connectivity index (χ0) is 20.3. The van der Waals surface area contributed by atoms with Crippen LogP contribution in [0, 0.1) is 0 Å². The molecule has 0 spiro atoms. The summed E-state index contributed by atoms with van der Waals surface area (Å²) < 4.78 is 10.4. The fourth-order valence-electron chi connectivity index (χ4n) is 3.17. The molecule has 8 nitrogen and oxygen atoms in total. The maximum absolute atomic E-state index is 12.8. The van der Waals surface area contributed by atoms with Crippen molar-refractivity contribution in [1.82, 2.24) is 9.80 Å². The largest absolute Gasteiger partial charge is 0.508 e. The van der Waals surface area contributed by atoms with Crippen molar-refractivity contribution in [3.05, 3.63) is 47.5 Å². The first kappa shape index (κ1) is 19.3. The summed E-state index contributed by atoms with van der Waals surface area (Å²) in [5.74, 6) is 0.221. The topological polar surface area (TPSA) is 99.5 Å². The molecule has 0 aliphatic carbocycles. The molecule has 1 aliphatic heterocycles. The number of carbonyl (C=O) groups is 2. The van der Waals surface area contributed by atoms with Crippen LogP contribution in [0.3, 0.4) is 0 Å². The monoisotopic (exact) mass is 386 g/mol. The molecule has 0 bridgehead atoms. The lowest BCUT2D eigenvalue weighted by Crippen LogP contribution is -2.50. The molecule has 2 aromatic carbocycles. The predicted molar refractivity (Wildman–Crippen MR) is 101 cm³/mol. The molecule has 0 atom stereocenters. The Hall–Kier alpha value is -3.42. The third kappa shape index (κ3) is 3.95. The van der Waals surface area contributed by atoms with Crippen molar-refractivity contribution in [3.8, 4) is 23.0 Å². The van der Waals surface area contributed by atoms with E-state index in [-0.39, 0.29) is 28.9 Å². The fraction of sp³-hybridized carbons (Fsp3) is 0.300. The molecule has 1 fully saturated rings. The Balaban J connectivity index is 1.66. The summed E-state index contributed by atoms with van der Waals surface area (Å²) in [6, 6.07) is 8.77. The third-order valence-electron chi connectivity index (χ3n) is 4.63. The minimum atomic E-state index is -0.301. The second-order valence-corrected chi connectivity index (χ2v) is 6.39. The number of phenols is 2. The Labute approximate surface area is 162 Å². The highest BCUT2D eigenvalue weighted by Crippen LogP contribution is 2.28. The summed E-state index contributed by atoms with van der Waals surface area (Å²) in [6.45, 7) is 1.47. The lowest BCUT2D eigenvalue weighted by atomic mass is 10.1. The molecule has 3 rings (SSSR count). The maximum Gasteiger partial charge on any atom is 0.254 e. The molecule has 148 valence electrons. The summed E-state index contributed by atoms with van der Waals surface area (Å²) in [5.41, 5.74) is 0.687. The van der Waals surface area contributed by atoms with Crippen molar-refractivity contribution in [2.24, 2.45) is 0 Å². The Morgan fingerprint density at radius 3 is 1.75 bits per heavy atom. The van der Waals surface area contributed by atoms with Crippen molar-refractivity contribution >= 4 is 11.8 Å². The molecular weight excluding hydrogens is 364 g/mol. The molecule has 8 heteroatoms. The second-order valence-electron chi connectivity index (χ2n) is 6.39. The van der Waals surface area contributed by atoms with Gasteiger partial charge >= 0.3 is 0 Å². The zero-order valence-electron chi connectivity index (χ0n) is 15.7. The van der Waals surface area contributed by atoms with Gasteiger partial charge in [0.25, 0.3) is 11.8 Å². The number of rotatable bonds is 4. The summed E-state index contributed by atoms with van der Waals surface area (Å²) in [7, 11) is 3.04. The highest BCUT2D eigenvalue weighted by Gasteiger charge is 2.26. The maximum atomic E-state index is 12.8. The van der Waals surface area contributed by atoms with Crippen LogP contribution in [0.15, 0.2) is 36.4 Å². The Morgan fingerprint density at radius 2 is 1.25 bits per heavy atom. The lowest BCUT2D eigenvalue weighted by molar-refractivity contribution is 0.0535. The van der Waals surface area contributed by atoms with Gasteiger partial charge in [-0.3, -0.25) is 9.59 Å². The van der Waals surface area contributed by atoms with Gasteiger partial charge in [-0.05, 0) is 30.3 Å². The molecule has 0 unspecified atom stereocenters. The molecule has 0 radical (unpaired) electrons. The fourth-order valence-corrected chi connectivity index (χ4v) is 3.17. The molecule has 1 saturated heterocycles. The number of aromatic hydroxyl groups is 2. The summed E-state index contributed by atoms with van der Waals surface area (Å²) in [4.78, 5) is 28.6. The van der Waals surface area contributed by atoms with Gasteiger partial charge in [0.05, 0.1) is 14.2 Å². The quantitative estimate of drug-likeness (QED) is 0.830. The lowest BCUT2D eigenvalue weighted by Gasteiger charge is -2.35. The van der Waals surface area contributed by atoms with Crippen molar-refractivity contribution in [3.63, 3.8) is 0 Å². The van der Waals surface area contributed by atoms with Gasteiger partial charge in [0, 0.05) is 43.4 Å². The summed E-state index contributed by atoms with van der Waals surface area (Å²) in [6.07, 6.45) is 0. The minimum absolute atomic E-state index is 0.150. The van der Waals surface area contributed by atoms with E-state index >= 15 is 0 Å². The number of amides is 2. The highest BCUT2D eigenvalue weighted by atomic mass is 16.5. The average Bonchev–Trinajstić information content (AvgIpc) is 2.71. The summed E-state index contributed by atoms with van der Waals surface area (Å²) in [5, 5.41) is 19.1. The number of piperazine rings is 1. The smallest absolute Gasteiger partial charge is 0.254 e. The number of methoxy groups -OCH3 is 2. The van der Waals surface area contributed by atoms with Crippen LogP contribution in [0.25, 0.3) is 0 Å². The minimum Gasteiger partial charge on any atom is -0.508 e. The van der Waals surface area contributed by atoms with E-state index in [2.05, 4.69) is 0 Å². The van der Waals surface area contributed by atoms with Crippen molar-refractivity contribution in [2.75, 3.05) is 40.4 Å². The molecule has 28 heavy (non-hydrogen) atoms. The van der Waals surface area contributed by atoms with E-state index in [1.165, 1.54) is 26.4 Å². The predicted octanol–water partition coefficient (Wildman–Crippen LogP) is 1.71. The number of hydrogen-bond donors (Lipinski definition) is 2. The van der Waals surface area contributed by atoms with Crippen molar-refractivity contribution in [2.45, 2.75) is 0 Å². The van der Waals surface area contributed by atoms with E-state index in [4.69, 9.17) is 9.47 Å². The average molecular weight is 386 g/mol. The molecule has 1 heterocycles. The number of ether oxygens (including phenoxy) is 2. The van der Waals surface area contributed by atoms with Gasteiger partial charge in [0.2, 0.25) is 0 Å². The van der Waals surface area contributed by atoms with Crippen molar-refractivity contribution in [1.29, 1.82) is 0 Å². The highest BCUT2D eigenvalue weighted by molar-refractivity contribution is 5.96. The van der Waals surface area contributed by atoms with Crippen LogP contribution >= 0.6 is 0 Å². The van der Waals surface area contributed by atoms with E-state index in [0.29, 0.717) is 43.2 Å². The Morgan fingerprint density at radius 1 is 0.750 bits per heavy atom. The Bertz CT molecular complexity index is 870. The van der Waals surface area contributed by atoms with E-state index in [1.54, 1.807) is 28.0 Å². The van der Waals surface area contributed by atoms with E-state index in [0.717, 1.165) is 6.07 Å². The van der Waals surface area contributed by atoms with Crippen LogP contribution < -0.4 is 9.47 Å². The van der Waals surface area contributed by atoms with Crippen LogP contribution in [0.2, 0.25) is 0 Å². The molecule has 2 amide bonds. The summed E-state index contributed by atoms with van der Waals surface area (Å²) >= 11 is 0. The third-order valence-corrected chi connectivity index (χ3v) is 4.63. The number of phenolic OH excluding ortho intramolecular Hbond substituents is 2. The van der Waals surface area contributed by atoms with Crippen molar-refractivity contribution < 1.29 is 29.3 Å². The number of carbonyl (C=O) groups excluding carboxylic acids is 2. The first-order chi connectivity index (χ1) is 13.4. The molecule has 2 aromatic rings. The van der Waals surface area contributed by atoms with E-state index in [1.807, 2.05) is 0 Å².